The van der Waals surface area contributed by atoms with E-state index in [1.807, 2.05) is 0 Å². The number of thioether (sulfide) groups is 1. The molecular formula is C19H18N8O7S3. The molecule has 0 aliphatic carbocycles. The van der Waals surface area contributed by atoms with Gasteiger partial charge in [0.25, 0.3) is 20.2 Å². The smallest absolute Gasteiger partial charge is 0.296 e. The van der Waals surface area contributed by atoms with E-state index in [0.29, 0.717) is 0 Å². The van der Waals surface area contributed by atoms with Crippen molar-refractivity contribution in [3.8, 4) is 0 Å². The number of aromatic nitrogens is 2. The van der Waals surface area contributed by atoms with Crippen LogP contribution in [0.1, 0.15) is 6.92 Å². The summed E-state index contributed by atoms with van der Waals surface area (Å²) >= 11 is 1.16. The lowest BCUT2D eigenvalue weighted by Gasteiger charge is -2.08. The van der Waals surface area contributed by atoms with Gasteiger partial charge >= 0.3 is 0 Å². The van der Waals surface area contributed by atoms with E-state index in [0.717, 1.165) is 30.0 Å². The van der Waals surface area contributed by atoms with Gasteiger partial charge in [0.2, 0.25) is 5.91 Å². The van der Waals surface area contributed by atoms with Gasteiger partial charge in [0.05, 0.1) is 16.3 Å². The van der Waals surface area contributed by atoms with E-state index in [9.17, 15) is 26.2 Å². The van der Waals surface area contributed by atoms with E-state index < -0.39 is 31.0 Å². The predicted octanol–water partition coefficient (Wildman–Crippen LogP) is 4.06. The average Bonchev–Trinajstić information content (AvgIpc) is 2.81. The lowest BCUT2D eigenvalue weighted by atomic mass is 10.3. The maximum absolute atomic E-state index is 12.0. The van der Waals surface area contributed by atoms with Gasteiger partial charge < -0.3 is 11.1 Å². The number of rotatable bonds is 8. The summed E-state index contributed by atoms with van der Waals surface area (Å²) in [6, 6.07) is 8.23. The van der Waals surface area contributed by atoms with Crippen molar-refractivity contribution in [3.63, 3.8) is 0 Å². The summed E-state index contributed by atoms with van der Waals surface area (Å²) < 4.78 is 64.9. The van der Waals surface area contributed by atoms with Crippen LogP contribution in [0.5, 0.6) is 0 Å². The molecule has 0 bridgehead atoms. The van der Waals surface area contributed by atoms with Crippen LogP contribution in [0.2, 0.25) is 0 Å². The average molecular weight is 567 g/mol. The van der Waals surface area contributed by atoms with Crippen LogP contribution < -0.4 is 11.1 Å². The highest BCUT2D eigenvalue weighted by Crippen LogP contribution is 2.35. The van der Waals surface area contributed by atoms with Crippen molar-refractivity contribution in [2.45, 2.75) is 21.9 Å². The first-order valence-corrected chi connectivity index (χ1v) is 13.9. The second-order valence-corrected chi connectivity index (χ2v) is 10.6. The van der Waals surface area contributed by atoms with E-state index in [1.165, 1.54) is 31.2 Å². The lowest BCUT2D eigenvalue weighted by Crippen LogP contribution is -2.10. The quantitative estimate of drug-likeness (QED) is 0.131. The van der Waals surface area contributed by atoms with Gasteiger partial charge in [0.15, 0.2) is 22.5 Å². The minimum atomic E-state index is -4.80. The van der Waals surface area contributed by atoms with Gasteiger partial charge in [-0.25, -0.2) is 9.97 Å². The van der Waals surface area contributed by atoms with Gasteiger partial charge in [-0.2, -0.15) is 27.1 Å². The fourth-order valence-electron chi connectivity index (χ4n) is 2.65. The van der Waals surface area contributed by atoms with E-state index in [1.54, 1.807) is 6.26 Å². The Morgan fingerprint density at radius 2 is 1.54 bits per heavy atom. The number of carbonyl (C=O) groups excluding carboxylic acids is 1. The molecule has 0 aliphatic rings. The standard InChI is InChI=1S/C19H18N8O7S3/c1-10(28)21-18-16(17(20)22-19(23-18)35-2)27-26-14-8-5-12(9-15(14)37(32,33)34)25-24-11-3-6-13(7-4-11)36(29,30)31/h3-9H,1-2H3,(H,29,30,31)(H,32,33,34)(H3,20,21,22,23,28)/b25-24+,27-26+. The van der Waals surface area contributed by atoms with Crippen molar-refractivity contribution in [3.05, 3.63) is 42.5 Å². The third kappa shape index (κ3) is 7.33. The number of amides is 1. The van der Waals surface area contributed by atoms with Gasteiger partial charge in [-0.1, -0.05) is 11.8 Å². The number of benzene rings is 2. The largest absolute Gasteiger partial charge is 0.382 e. The Hall–Kier alpha value is -3.84. The Morgan fingerprint density at radius 1 is 0.919 bits per heavy atom. The van der Waals surface area contributed by atoms with Gasteiger partial charge in [-0.15, -0.1) is 10.2 Å². The molecule has 0 spiro atoms. The lowest BCUT2D eigenvalue weighted by molar-refractivity contribution is -0.114. The topological polar surface area (TPSA) is 239 Å². The first-order valence-electron chi connectivity index (χ1n) is 9.79. The molecule has 0 unspecified atom stereocenters. The molecule has 0 radical (unpaired) electrons. The normalized spacial score (nSPS) is 12.3. The third-order valence-corrected chi connectivity index (χ3v) is 6.56. The Kier molecular flexibility index (Phi) is 8.28. The molecular weight excluding hydrogens is 548 g/mol. The van der Waals surface area contributed by atoms with Crippen LogP contribution in [0.4, 0.5) is 34.4 Å². The molecule has 0 aliphatic heterocycles. The number of hydrogen-bond acceptors (Lipinski definition) is 13. The van der Waals surface area contributed by atoms with Crippen molar-refractivity contribution in [2.75, 3.05) is 17.3 Å². The fourth-order valence-corrected chi connectivity index (χ4v) is 4.15. The van der Waals surface area contributed by atoms with Crippen molar-refractivity contribution < 1.29 is 30.7 Å². The van der Waals surface area contributed by atoms with Crippen molar-refractivity contribution >= 4 is 72.3 Å². The molecule has 18 heteroatoms. The Morgan fingerprint density at radius 3 is 2.11 bits per heavy atom. The number of anilines is 2. The number of nitrogens with zero attached hydrogens (tertiary/aromatic N) is 6. The second-order valence-electron chi connectivity index (χ2n) is 6.97. The number of carbonyl (C=O) groups is 1. The number of azo groups is 2. The number of hydrogen-bond donors (Lipinski definition) is 4. The first kappa shape index (κ1) is 27.7. The zero-order chi connectivity index (χ0) is 27.4. The van der Waals surface area contributed by atoms with Gasteiger partial charge in [-0.05, 0) is 48.7 Å². The Labute approximate surface area is 214 Å². The molecule has 3 rings (SSSR count). The Bertz CT molecular complexity index is 1620. The molecule has 37 heavy (non-hydrogen) atoms. The van der Waals surface area contributed by atoms with Crippen LogP contribution >= 0.6 is 11.8 Å². The second kappa shape index (κ2) is 11.0. The van der Waals surface area contributed by atoms with E-state index >= 15 is 0 Å². The summed E-state index contributed by atoms with van der Waals surface area (Å²) in [6.45, 7) is 1.24. The van der Waals surface area contributed by atoms with Gasteiger partial charge in [-0.3, -0.25) is 13.9 Å². The summed E-state index contributed by atoms with van der Waals surface area (Å²) in [5, 5.41) is 18.1. The highest BCUT2D eigenvalue weighted by molar-refractivity contribution is 7.98. The van der Waals surface area contributed by atoms with Gasteiger partial charge in [0, 0.05) is 6.92 Å². The molecule has 15 nitrogen and oxygen atoms in total. The Balaban J connectivity index is 1.98. The number of nitrogens with two attached hydrogens (primary N) is 1. The summed E-state index contributed by atoms with van der Waals surface area (Å²) in [5.41, 5.74) is 5.67. The molecule has 0 saturated carbocycles. The van der Waals surface area contributed by atoms with Crippen molar-refractivity contribution in [1.82, 2.24) is 9.97 Å². The highest BCUT2D eigenvalue weighted by Gasteiger charge is 2.18. The van der Waals surface area contributed by atoms with E-state index in [4.69, 9.17) is 10.3 Å². The molecule has 0 atom stereocenters. The van der Waals surface area contributed by atoms with E-state index in [2.05, 4.69) is 35.7 Å². The zero-order valence-corrected chi connectivity index (χ0v) is 21.4. The maximum Gasteiger partial charge on any atom is 0.296 e. The molecule has 0 fully saturated rings. The zero-order valence-electron chi connectivity index (χ0n) is 19.0. The van der Waals surface area contributed by atoms with Crippen LogP contribution in [0.25, 0.3) is 0 Å². The maximum atomic E-state index is 12.0. The molecule has 194 valence electrons. The summed E-state index contributed by atoms with van der Waals surface area (Å²) in [6.07, 6.45) is 1.69. The SMILES string of the molecule is CSc1nc(N)c(/N=N/c2ccc(/N=N/c3ccc(S(=O)(=O)O)cc3)cc2S(=O)(=O)O)c(NC(C)=O)n1. The first-order chi connectivity index (χ1) is 17.3. The van der Waals surface area contributed by atoms with Crippen LogP contribution in [0.15, 0.2) is 77.9 Å². The predicted molar refractivity (Wildman–Crippen MR) is 133 cm³/mol. The molecule has 1 heterocycles. The minimum absolute atomic E-state index is 0.00321. The molecule has 1 aromatic heterocycles. The molecule has 5 N–H and O–H groups in total. The van der Waals surface area contributed by atoms with Crippen molar-refractivity contribution in [1.29, 1.82) is 0 Å². The number of nitrogen functional groups attached to an aromatic ring is 1. The van der Waals surface area contributed by atoms with Crippen LogP contribution in [0.3, 0.4) is 0 Å². The molecule has 3 aromatic rings. The highest BCUT2D eigenvalue weighted by atomic mass is 32.2. The van der Waals surface area contributed by atoms with E-state index in [-0.39, 0.29) is 44.4 Å². The van der Waals surface area contributed by atoms with Crippen LogP contribution in [0, 0.1) is 0 Å². The minimum Gasteiger partial charge on any atom is -0.382 e. The third-order valence-electron chi connectivity index (χ3n) is 4.26. The van der Waals surface area contributed by atoms with Crippen molar-refractivity contribution in [2.24, 2.45) is 20.5 Å². The summed E-state index contributed by atoms with van der Waals surface area (Å²) in [5.74, 6) is -0.653. The molecule has 2 aromatic carbocycles. The van der Waals surface area contributed by atoms with Gasteiger partial charge in [0.1, 0.15) is 10.6 Å². The van der Waals surface area contributed by atoms with Crippen LogP contribution in [-0.4, -0.2) is 48.1 Å². The summed E-state index contributed by atoms with van der Waals surface area (Å²) in [7, 11) is -9.18. The monoisotopic (exact) mass is 566 g/mol. The van der Waals surface area contributed by atoms with Crippen LogP contribution in [-0.2, 0) is 25.0 Å². The summed E-state index contributed by atoms with van der Waals surface area (Å²) in [4.78, 5) is 18.7. The number of nitrogens with one attached hydrogen (secondary N) is 1. The fraction of sp³-hybridized carbons (Fsp3) is 0.105. The molecule has 0 saturated heterocycles. The molecule has 1 amide bonds.